The van der Waals surface area contributed by atoms with Gasteiger partial charge >= 0.3 is 0 Å². The van der Waals surface area contributed by atoms with E-state index in [-0.39, 0.29) is 0 Å². The Labute approximate surface area is 114 Å². The highest BCUT2D eigenvalue weighted by Crippen LogP contribution is 2.30. The van der Waals surface area contributed by atoms with Crippen molar-refractivity contribution in [2.24, 2.45) is 11.8 Å². The van der Waals surface area contributed by atoms with Gasteiger partial charge in [0.05, 0.1) is 0 Å². The quantitative estimate of drug-likeness (QED) is 0.611. The van der Waals surface area contributed by atoms with Crippen LogP contribution in [0.2, 0.25) is 0 Å². The number of rotatable bonds is 6. The first kappa shape index (κ1) is 13.4. The van der Waals surface area contributed by atoms with Gasteiger partial charge in [0.25, 0.3) is 0 Å². The van der Waals surface area contributed by atoms with E-state index in [0.29, 0.717) is 0 Å². The third-order valence-electron chi connectivity index (χ3n) is 3.80. The minimum absolute atomic E-state index is 0.750. The number of hydrogen-bond acceptors (Lipinski definition) is 2. The Hall–Kier alpha value is -0.0500. The molecule has 1 aromatic heterocycles. The highest BCUT2D eigenvalue weighted by Gasteiger charge is 2.23. The van der Waals surface area contributed by atoms with Crippen LogP contribution in [0.25, 0.3) is 0 Å². The summed E-state index contributed by atoms with van der Waals surface area (Å²) in [4.78, 5) is 1.48. The molecule has 17 heavy (non-hydrogen) atoms. The first-order valence-corrected chi connectivity index (χ1v) is 8.10. The summed E-state index contributed by atoms with van der Waals surface area (Å²) in [6, 6.07) is 4.35. The normalized spacial score (nSPS) is 25.0. The van der Waals surface area contributed by atoms with Gasteiger partial charge in [-0.2, -0.15) is 0 Å². The molecule has 2 atom stereocenters. The predicted molar refractivity (Wildman–Crippen MR) is 77.1 cm³/mol. The highest BCUT2D eigenvalue weighted by atomic mass is 35.5. The van der Waals surface area contributed by atoms with Gasteiger partial charge in [0.2, 0.25) is 0 Å². The molecule has 0 aliphatic heterocycles. The summed E-state index contributed by atoms with van der Waals surface area (Å²) >= 11 is 7.90. The van der Waals surface area contributed by atoms with Crippen LogP contribution in [0.15, 0.2) is 17.5 Å². The van der Waals surface area contributed by atoms with Crippen LogP contribution in [0.3, 0.4) is 0 Å². The van der Waals surface area contributed by atoms with Gasteiger partial charge in [-0.15, -0.1) is 22.9 Å². The summed E-state index contributed by atoms with van der Waals surface area (Å²) in [6.07, 6.45) is 6.63. The molecule has 1 nitrogen and oxygen atoms in total. The van der Waals surface area contributed by atoms with Crippen LogP contribution in [0.4, 0.5) is 0 Å². The van der Waals surface area contributed by atoms with Crippen molar-refractivity contribution in [2.75, 3.05) is 19.0 Å². The Morgan fingerprint density at radius 3 is 2.82 bits per heavy atom. The molecule has 0 amide bonds. The average molecular weight is 272 g/mol. The lowest BCUT2D eigenvalue weighted by molar-refractivity contribution is 0.251. The van der Waals surface area contributed by atoms with Crippen molar-refractivity contribution in [1.29, 1.82) is 0 Å². The first-order valence-electron chi connectivity index (χ1n) is 6.69. The smallest absolute Gasteiger partial charge is 0.0254 e. The van der Waals surface area contributed by atoms with E-state index in [1.807, 2.05) is 11.3 Å². The molecule has 1 N–H and O–H groups in total. The van der Waals surface area contributed by atoms with Crippen LogP contribution < -0.4 is 5.32 Å². The maximum Gasteiger partial charge on any atom is 0.0254 e. The molecular formula is C14H22ClNS. The van der Waals surface area contributed by atoms with Gasteiger partial charge < -0.3 is 5.32 Å². The molecule has 1 fully saturated rings. The Morgan fingerprint density at radius 1 is 1.29 bits per heavy atom. The topological polar surface area (TPSA) is 12.0 Å². The van der Waals surface area contributed by atoms with Crippen LogP contribution in [-0.2, 0) is 6.42 Å². The summed E-state index contributed by atoms with van der Waals surface area (Å²) in [6.45, 7) is 2.26. The zero-order chi connectivity index (χ0) is 11.9. The van der Waals surface area contributed by atoms with Crippen molar-refractivity contribution in [3.05, 3.63) is 22.4 Å². The molecule has 1 aliphatic rings. The fourth-order valence-corrected chi connectivity index (χ4v) is 3.83. The second-order valence-corrected chi connectivity index (χ2v) is 6.33. The summed E-state index contributed by atoms with van der Waals surface area (Å²) in [7, 11) is 0. The van der Waals surface area contributed by atoms with Gasteiger partial charge in [-0.3, -0.25) is 0 Å². The van der Waals surface area contributed by atoms with E-state index in [1.165, 1.54) is 30.6 Å². The number of thiophene rings is 1. The minimum Gasteiger partial charge on any atom is -0.316 e. The molecule has 0 spiro atoms. The van der Waals surface area contributed by atoms with E-state index >= 15 is 0 Å². The number of nitrogens with one attached hydrogen (secondary N) is 1. The predicted octanol–water partition coefficient (Wildman–Crippen LogP) is 3.93. The van der Waals surface area contributed by atoms with E-state index in [1.54, 1.807) is 0 Å². The molecule has 1 aliphatic carbocycles. The second-order valence-electron chi connectivity index (χ2n) is 4.99. The third kappa shape index (κ3) is 4.27. The summed E-state index contributed by atoms with van der Waals surface area (Å²) in [5.74, 6) is 2.40. The minimum atomic E-state index is 0.750. The molecule has 1 heterocycles. The maximum atomic E-state index is 6.04. The van der Waals surface area contributed by atoms with Crippen molar-refractivity contribution < 1.29 is 0 Å². The lowest BCUT2D eigenvalue weighted by Crippen LogP contribution is -2.32. The number of alkyl halides is 1. The van der Waals surface area contributed by atoms with Crippen LogP contribution in [-0.4, -0.2) is 19.0 Å². The van der Waals surface area contributed by atoms with Gasteiger partial charge in [0.1, 0.15) is 0 Å². The Balaban J connectivity index is 1.63. The first-order chi connectivity index (χ1) is 8.40. The van der Waals surface area contributed by atoms with Gasteiger partial charge in [-0.05, 0) is 55.6 Å². The fourth-order valence-electron chi connectivity index (χ4n) is 2.71. The van der Waals surface area contributed by atoms with Crippen LogP contribution in [0.5, 0.6) is 0 Å². The molecule has 2 unspecified atom stereocenters. The van der Waals surface area contributed by atoms with Crippen LogP contribution in [0, 0.1) is 11.8 Å². The van der Waals surface area contributed by atoms with Gasteiger partial charge in [0.15, 0.2) is 0 Å². The Morgan fingerprint density at radius 2 is 2.12 bits per heavy atom. The van der Waals surface area contributed by atoms with Gasteiger partial charge in [0, 0.05) is 10.8 Å². The second kappa shape index (κ2) is 7.40. The molecule has 0 aromatic carbocycles. The van der Waals surface area contributed by atoms with Crippen LogP contribution in [0.1, 0.15) is 30.6 Å². The molecule has 1 saturated carbocycles. The van der Waals surface area contributed by atoms with E-state index in [2.05, 4.69) is 22.8 Å². The van der Waals surface area contributed by atoms with Gasteiger partial charge in [-0.25, -0.2) is 0 Å². The largest absolute Gasteiger partial charge is 0.316 e. The summed E-state index contributed by atoms with van der Waals surface area (Å²) in [5, 5.41) is 5.76. The number of hydrogen-bond donors (Lipinski definition) is 1. The third-order valence-corrected chi connectivity index (χ3v) is 5.13. The molecule has 0 saturated heterocycles. The van der Waals surface area contributed by atoms with E-state index < -0.39 is 0 Å². The zero-order valence-electron chi connectivity index (χ0n) is 10.3. The molecule has 0 radical (unpaired) electrons. The van der Waals surface area contributed by atoms with Crippen molar-refractivity contribution in [2.45, 2.75) is 32.1 Å². The molecule has 3 heteroatoms. The maximum absolute atomic E-state index is 6.04. The van der Waals surface area contributed by atoms with Crippen molar-refractivity contribution in [3.63, 3.8) is 0 Å². The molecule has 1 aromatic rings. The molecule has 2 rings (SSSR count). The SMILES string of the molecule is ClCC1CCCCC1CNCCc1cccs1. The number of halogens is 1. The molecular weight excluding hydrogens is 250 g/mol. The van der Waals surface area contributed by atoms with Crippen molar-refractivity contribution in [1.82, 2.24) is 5.32 Å². The Kier molecular flexibility index (Phi) is 5.82. The van der Waals surface area contributed by atoms with Crippen molar-refractivity contribution >= 4 is 22.9 Å². The van der Waals surface area contributed by atoms with Crippen LogP contribution >= 0.6 is 22.9 Å². The summed E-state index contributed by atoms with van der Waals surface area (Å²) < 4.78 is 0. The lowest BCUT2D eigenvalue weighted by Gasteiger charge is -2.30. The van der Waals surface area contributed by atoms with Gasteiger partial charge in [-0.1, -0.05) is 18.9 Å². The molecule has 96 valence electrons. The van der Waals surface area contributed by atoms with E-state index in [0.717, 1.165) is 37.2 Å². The lowest BCUT2D eigenvalue weighted by atomic mass is 9.80. The monoisotopic (exact) mass is 271 g/mol. The standard InChI is InChI=1S/C14H22ClNS/c15-10-12-4-1-2-5-13(12)11-16-8-7-14-6-3-9-17-14/h3,6,9,12-13,16H,1-2,4-5,7-8,10-11H2. The Bertz CT molecular complexity index is 299. The van der Waals surface area contributed by atoms with Crippen molar-refractivity contribution in [3.8, 4) is 0 Å². The van der Waals surface area contributed by atoms with E-state index in [9.17, 15) is 0 Å². The van der Waals surface area contributed by atoms with E-state index in [4.69, 9.17) is 11.6 Å². The zero-order valence-corrected chi connectivity index (χ0v) is 11.9. The summed E-state index contributed by atoms with van der Waals surface area (Å²) in [5.41, 5.74) is 0. The average Bonchev–Trinajstić information content (AvgIpc) is 2.88. The highest BCUT2D eigenvalue weighted by molar-refractivity contribution is 7.09. The molecule has 0 bridgehead atoms. The fraction of sp³-hybridized carbons (Fsp3) is 0.714.